The van der Waals surface area contributed by atoms with Crippen molar-refractivity contribution in [3.63, 3.8) is 0 Å². The Morgan fingerprint density at radius 3 is 2.32 bits per heavy atom. The number of carboxylic acid groups (broad SMARTS) is 1. The van der Waals surface area contributed by atoms with Crippen LogP contribution in [0.5, 0.6) is 0 Å². The van der Waals surface area contributed by atoms with E-state index in [0.29, 0.717) is 6.42 Å². The van der Waals surface area contributed by atoms with Gasteiger partial charge in [0.1, 0.15) is 0 Å². The summed E-state index contributed by atoms with van der Waals surface area (Å²) in [5, 5.41) is 12.5. The van der Waals surface area contributed by atoms with Crippen molar-refractivity contribution in [1.82, 2.24) is 10.0 Å². The number of nitrogens with zero attached hydrogens (tertiary/aromatic N) is 2. The zero-order valence-electron chi connectivity index (χ0n) is 12.5. The fourth-order valence-corrected chi connectivity index (χ4v) is 1.63. The monoisotopic (exact) mass is 268 g/mol. The summed E-state index contributed by atoms with van der Waals surface area (Å²) in [5.41, 5.74) is 0. The second kappa shape index (κ2) is 11.8. The van der Waals surface area contributed by atoms with Crippen molar-refractivity contribution >= 4 is 5.97 Å². The summed E-state index contributed by atoms with van der Waals surface area (Å²) < 4.78 is 0. The van der Waals surface area contributed by atoms with E-state index < -0.39 is 5.97 Å². The normalized spacial score (nSPS) is 13.4. The van der Waals surface area contributed by atoms with Crippen LogP contribution in [0.4, 0.5) is 0 Å². The smallest absolute Gasteiger partial charge is 0.303 e. The molecule has 1 aliphatic heterocycles. The lowest BCUT2D eigenvalue weighted by Crippen LogP contribution is -2.32. The van der Waals surface area contributed by atoms with E-state index in [4.69, 9.17) is 5.11 Å². The molecule has 0 aromatic heterocycles. The van der Waals surface area contributed by atoms with Crippen LogP contribution >= 0.6 is 0 Å². The highest BCUT2D eigenvalue weighted by Gasteiger charge is 1.99. The number of unbranched alkanes of at least 4 members (excludes halogenated alkanes) is 4. The molecule has 0 amide bonds. The fourth-order valence-electron chi connectivity index (χ4n) is 1.63. The molecule has 0 unspecified atom stereocenters. The molecule has 0 fully saturated rings. The third kappa shape index (κ3) is 11.5. The molecule has 0 saturated carbocycles. The van der Waals surface area contributed by atoms with Crippen LogP contribution in [-0.4, -0.2) is 41.7 Å². The quantitative estimate of drug-likeness (QED) is 0.720. The predicted octanol–water partition coefficient (Wildman–Crippen LogP) is 3.28. The maximum Gasteiger partial charge on any atom is 0.303 e. The minimum absolute atomic E-state index is 0.337. The molecule has 1 N–H and O–H groups in total. The summed E-state index contributed by atoms with van der Waals surface area (Å²) in [4.78, 5) is 10.0. The Labute approximate surface area is 117 Å². The van der Waals surface area contributed by atoms with E-state index in [1.54, 1.807) is 0 Å². The molecule has 0 aromatic rings. The molecular formula is C15H28N2O2. The third-order valence-electron chi connectivity index (χ3n) is 2.81. The first-order chi connectivity index (χ1) is 9.07. The lowest BCUT2D eigenvalue weighted by molar-refractivity contribution is -0.137. The van der Waals surface area contributed by atoms with Gasteiger partial charge in [-0.2, -0.15) is 0 Å². The minimum Gasteiger partial charge on any atom is -0.481 e. The van der Waals surface area contributed by atoms with Crippen LogP contribution in [0.2, 0.25) is 0 Å². The highest BCUT2D eigenvalue weighted by atomic mass is 16.4. The maximum atomic E-state index is 10.0. The van der Waals surface area contributed by atoms with Crippen molar-refractivity contribution in [2.45, 2.75) is 45.4 Å². The molecule has 0 aliphatic carbocycles. The molecule has 1 rings (SSSR count). The van der Waals surface area contributed by atoms with Gasteiger partial charge in [-0.25, -0.2) is 5.01 Å². The van der Waals surface area contributed by atoms with E-state index in [9.17, 15) is 4.79 Å². The number of aliphatic carboxylic acids is 1. The maximum absolute atomic E-state index is 10.0. The van der Waals surface area contributed by atoms with E-state index in [1.807, 2.05) is 20.2 Å². The molecule has 0 aromatic carbocycles. The molecule has 1 heterocycles. The molecule has 1 aliphatic rings. The summed E-state index contributed by atoms with van der Waals surface area (Å²) in [5.74, 6) is -0.670. The van der Waals surface area contributed by atoms with E-state index in [1.165, 1.54) is 19.3 Å². The highest BCUT2D eigenvalue weighted by molar-refractivity contribution is 5.66. The molecule has 0 bridgehead atoms. The number of allylic oxidation sites excluding steroid dienone is 2. The van der Waals surface area contributed by atoms with Crippen molar-refractivity contribution in [1.29, 1.82) is 0 Å². The second-order valence-corrected chi connectivity index (χ2v) is 4.80. The van der Waals surface area contributed by atoms with E-state index in [2.05, 4.69) is 35.3 Å². The van der Waals surface area contributed by atoms with Gasteiger partial charge in [0.05, 0.1) is 6.54 Å². The number of hydrazine groups is 1. The zero-order valence-corrected chi connectivity index (χ0v) is 12.5. The van der Waals surface area contributed by atoms with E-state index in [-0.39, 0.29) is 0 Å². The summed E-state index contributed by atoms with van der Waals surface area (Å²) in [6.45, 7) is 3.14. The van der Waals surface area contributed by atoms with Gasteiger partial charge in [0.2, 0.25) is 0 Å². The first-order valence-electron chi connectivity index (χ1n) is 7.07. The standard InChI is InChI=1S/C8H16O2.C7H12N2/c1-2-3-4-5-6-7-8(9)10;1-8(2)9-6-4-3-5-7-9/h2-7H2,1H3,(H,9,10);3-6H,7H2,1-2H3. The first kappa shape index (κ1) is 17.7. The lowest BCUT2D eigenvalue weighted by atomic mass is 10.1. The average molecular weight is 268 g/mol. The Kier molecular flexibility index (Phi) is 11.0. The lowest BCUT2D eigenvalue weighted by Gasteiger charge is -2.27. The van der Waals surface area contributed by atoms with Crippen LogP contribution in [0.25, 0.3) is 0 Å². The van der Waals surface area contributed by atoms with Gasteiger partial charge in [0.25, 0.3) is 0 Å². The Morgan fingerprint density at radius 2 is 1.89 bits per heavy atom. The Hall–Kier alpha value is -1.29. The molecule has 19 heavy (non-hydrogen) atoms. The van der Waals surface area contributed by atoms with Crippen LogP contribution in [0.15, 0.2) is 24.4 Å². The highest BCUT2D eigenvalue weighted by Crippen LogP contribution is 2.04. The van der Waals surface area contributed by atoms with Crippen LogP contribution < -0.4 is 0 Å². The van der Waals surface area contributed by atoms with E-state index >= 15 is 0 Å². The van der Waals surface area contributed by atoms with Gasteiger partial charge in [-0.15, -0.1) is 0 Å². The summed E-state index contributed by atoms with van der Waals surface area (Å²) in [7, 11) is 4.06. The molecular weight excluding hydrogens is 240 g/mol. The van der Waals surface area contributed by atoms with Crippen molar-refractivity contribution in [2.75, 3.05) is 20.6 Å². The molecule has 0 atom stereocenters. The molecule has 0 saturated heterocycles. The number of rotatable bonds is 7. The van der Waals surface area contributed by atoms with Gasteiger partial charge in [-0.3, -0.25) is 4.79 Å². The van der Waals surface area contributed by atoms with Gasteiger partial charge in [-0.1, -0.05) is 44.8 Å². The Bertz CT molecular complexity index is 286. The summed E-state index contributed by atoms with van der Waals surface area (Å²) >= 11 is 0. The number of carbonyl (C=O) groups is 1. The second-order valence-electron chi connectivity index (χ2n) is 4.80. The zero-order chi connectivity index (χ0) is 14.5. The van der Waals surface area contributed by atoms with Gasteiger partial charge >= 0.3 is 5.97 Å². The van der Waals surface area contributed by atoms with Crippen molar-refractivity contribution in [3.8, 4) is 0 Å². The van der Waals surface area contributed by atoms with Gasteiger partial charge < -0.3 is 10.1 Å². The largest absolute Gasteiger partial charge is 0.481 e. The Balaban J connectivity index is 0.000000342. The van der Waals surface area contributed by atoms with Crippen LogP contribution in [0.3, 0.4) is 0 Å². The Morgan fingerprint density at radius 1 is 1.21 bits per heavy atom. The molecule has 110 valence electrons. The average Bonchev–Trinajstić information content (AvgIpc) is 2.40. The molecule has 0 radical (unpaired) electrons. The molecule has 4 heteroatoms. The van der Waals surface area contributed by atoms with Gasteiger partial charge in [0.15, 0.2) is 0 Å². The summed E-state index contributed by atoms with van der Waals surface area (Å²) in [6, 6.07) is 0. The van der Waals surface area contributed by atoms with Gasteiger partial charge in [0, 0.05) is 26.7 Å². The van der Waals surface area contributed by atoms with E-state index in [0.717, 1.165) is 19.4 Å². The molecule has 0 spiro atoms. The summed E-state index contributed by atoms with van der Waals surface area (Å²) in [6.07, 6.45) is 14.2. The van der Waals surface area contributed by atoms with Crippen molar-refractivity contribution in [2.24, 2.45) is 0 Å². The van der Waals surface area contributed by atoms with Crippen LogP contribution in [-0.2, 0) is 4.79 Å². The van der Waals surface area contributed by atoms with Crippen molar-refractivity contribution in [3.05, 3.63) is 24.4 Å². The minimum atomic E-state index is -0.670. The number of hydrogen-bond donors (Lipinski definition) is 1. The van der Waals surface area contributed by atoms with Crippen molar-refractivity contribution < 1.29 is 9.90 Å². The first-order valence-corrected chi connectivity index (χ1v) is 7.07. The third-order valence-corrected chi connectivity index (χ3v) is 2.81. The number of hydrogen-bond acceptors (Lipinski definition) is 3. The number of carboxylic acids is 1. The SMILES string of the molecule is CCCCCCCC(=O)O.CN(C)N1C=CC=CC1. The molecule has 4 nitrogen and oxygen atoms in total. The van der Waals surface area contributed by atoms with Crippen LogP contribution in [0.1, 0.15) is 45.4 Å². The van der Waals surface area contributed by atoms with Gasteiger partial charge in [-0.05, 0) is 12.5 Å². The predicted molar refractivity (Wildman–Crippen MR) is 79.7 cm³/mol. The fraction of sp³-hybridized carbons (Fsp3) is 0.667. The topological polar surface area (TPSA) is 43.8 Å². The van der Waals surface area contributed by atoms with Crippen LogP contribution in [0, 0.1) is 0 Å².